The molecule has 3 heteroatoms. The zero-order valence-corrected chi connectivity index (χ0v) is 19.5. The molecular formula is C26H46O3. The topological polar surface area (TPSA) is 60.7 Å². The van der Waals surface area contributed by atoms with Crippen LogP contribution >= 0.6 is 0 Å². The molecule has 29 heavy (non-hydrogen) atoms. The van der Waals surface area contributed by atoms with Gasteiger partial charge < -0.3 is 15.3 Å². The minimum atomic E-state index is -0.232. The third kappa shape index (κ3) is 2.93. The number of hydrogen-bond donors (Lipinski definition) is 3. The molecule has 168 valence electrons. The molecular weight excluding hydrogens is 360 g/mol. The minimum Gasteiger partial charge on any atom is -0.396 e. The molecule has 3 N–H and O–H groups in total. The SMILES string of the molecule is CCC1C(O)C2C3CCC(C(C)CCO)C3(C)CCC2C2(C)CCC(O)CC12C. The summed E-state index contributed by atoms with van der Waals surface area (Å²) >= 11 is 0. The Bertz CT molecular complexity index is 607. The number of fused-ring (bicyclic) bond motifs is 5. The molecule has 3 nitrogen and oxygen atoms in total. The van der Waals surface area contributed by atoms with Crippen LogP contribution in [0.4, 0.5) is 0 Å². The molecule has 4 aliphatic rings. The Morgan fingerprint density at radius 3 is 2.31 bits per heavy atom. The van der Waals surface area contributed by atoms with Crippen molar-refractivity contribution in [2.45, 2.75) is 105 Å². The highest BCUT2D eigenvalue weighted by atomic mass is 16.3. The van der Waals surface area contributed by atoms with Gasteiger partial charge in [-0.15, -0.1) is 0 Å². The average Bonchev–Trinajstić information content (AvgIpc) is 3.01. The van der Waals surface area contributed by atoms with Crippen LogP contribution in [0.3, 0.4) is 0 Å². The van der Waals surface area contributed by atoms with Gasteiger partial charge >= 0.3 is 0 Å². The summed E-state index contributed by atoms with van der Waals surface area (Å²) in [6, 6.07) is 0. The molecule has 4 aliphatic carbocycles. The van der Waals surface area contributed by atoms with E-state index in [2.05, 4.69) is 34.6 Å². The summed E-state index contributed by atoms with van der Waals surface area (Å²) in [4.78, 5) is 0. The summed E-state index contributed by atoms with van der Waals surface area (Å²) < 4.78 is 0. The Labute approximate surface area is 178 Å². The van der Waals surface area contributed by atoms with Gasteiger partial charge in [-0.2, -0.15) is 0 Å². The Morgan fingerprint density at radius 2 is 1.66 bits per heavy atom. The monoisotopic (exact) mass is 406 g/mol. The highest BCUT2D eigenvalue weighted by molar-refractivity contribution is 5.17. The Kier molecular flexibility index (Phi) is 5.70. The number of aliphatic hydroxyl groups is 3. The summed E-state index contributed by atoms with van der Waals surface area (Å²) in [7, 11) is 0. The van der Waals surface area contributed by atoms with E-state index < -0.39 is 0 Å². The quantitative estimate of drug-likeness (QED) is 0.614. The standard InChI is InChI=1S/C26H46O3/c1-6-18-23(29)22-20-8-7-19(16(2)11-14-27)24(20,3)12-10-21(22)25(4)13-9-17(28)15-26(18,25)5/h16-23,27-29H,6-15H2,1-5H3. The van der Waals surface area contributed by atoms with E-state index >= 15 is 0 Å². The van der Waals surface area contributed by atoms with Gasteiger partial charge in [-0.05, 0) is 103 Å². The van der Waals surface area contributed by atoms with Crippen LogP contribution < -0.4 is 0 Å². The first-order chi connectivity index (χ1) is 13.6. The largest absolute Gasteiger partial charge is 0.396 e. The minimum absolute atomic E-state index is 0.0376. The molecule has 0 spiro atoms. The van der Waals surface area contributed by atoms with Gasteiger partial charge in [0.2, 0.25) is 0 Å². The van der Waals surface area contributed by atoms with Crippen LogP contribution in [0.25, 0.3) is 0 Å². The van der Waals surface area contributed by atoms with Gasteiger partial charge in [0, 0.05) is 6.61 Å². The zero-order valence-electron chi connectivity index (χ0n) is 19.5. The molecule has 0 saturated heterocycles. The van der Waals surface area contributed by atoms with E-state index in [1.165, 1.54) is 25.7 Å². The average molecular weight is 407 g/mol. The predicted octanol–water partition coefficient (Wildman–Crippen LogP) is 5.02. The van der Waals surface area contributed by atoms with Crippen molar-refractivity contribution in [3.05, 3.63) is 0 Å². The summed E-state index contributed by atoms with van der Waals surface area (Å²) in [5, 5.41) is 31.9. The van der Waals surface area contributed by atoms with E-state index in [-0.39, 0.29) is 23.0 Å². The summed E-state index contributed by atoms with van der Waals surface area (Å²) in [6.07, 6.45) is 9.42. The van der Waals surface area contributed by atoms with Crippen molar-refractivity contribution in [1.82, 2.24) is 0 Å². The maximum absolute atomic E-state index is 11.8. The molecule has 0 bridgehead atoms. The van der Waals surface area contributed by atoms with Crippen LogP contribution in [0.1, 0.15) is 92.4 Å². The maximum Gasteiger partial charge on any atom is 0.0607 e. The molecule has 0 heterocycles. The molecule has 0 radical (unpaired) electrons. The van der Waals surface area contributed by atoms with Crippen molar-refractivity contribution in [3.8, 4) is 0 Å². The Balaban J connectivity index is 1.71. The number of hydrogen-bond acceptors (Lipinski definition) is 3. The van der Waals surface area contributed by atoms with E-state index in [1.54, 1.807) is 0 Å². The van der Waals surface area contributed by atoms with E-state index in [0.29, 0.717) is 47.5 Å². The summed E-state index contributed by atoms with van der Waals surface area (Å²) in [5.41, 5.74) is 0.580. The normalized spacial score (nSPS) is 55.7. The van der Waals surface area contributed by atoms with Crippen molar-refractivity contribution >= 4 is 0 Å². The van der Waals surface area contributed by atoms with E-state index in [0.717, 1.165) is 32.1 Å². The van der Waals surface area contributed by atoms with Crippen molar-refractivity contribution in [3.63, 3.8) is 0 Å². The molecule has 4 rings (SSSR count). The lowest BCUT2D eigenvalue weighted by Gasteiger charge is -2.69. The molecule has 11 atom stereocenters. The molecule has 0 amide bonds. The van der Waals surface area contributed by atoms with Gasteiger partial charge in [0.05, 0.1) is 12.2 Å². The molecule has 4 fully saturated rings. The Morgan fingerprint density at radius 1 is 0.931 bits per heavy atom. The van der Waals surface area contributed by atoms with Gasteiger partial charge in [-0.3, -0.25) is 0 Å². The van der Waals surface area contributed by atoms with Crippen LogP contribution in [0, 0.1) is 51.8 Å². The Hall–Kier alpha value is -0.120. The van der Waals surface area contributed by atoms with Crippen LogP contribution in [0.2, 0.25) is 0 Å². The molecule has 0 aromatic rings. The second-order valence-electron chi connectivity index (χ2n) is 12.2. The zero-order chi connectivity index (χ0) is 21.2. The molecule has 4 saturated carbocycles. The lowest BCUT2D eigenvalue weighted by molar-refractivity contribution is -0.243. The van der Waals surface area contributed by atoms with E-state index in [4.69, 9.17) is 0 Å². The highest BCUT2D eigenvalue weighted by Gasteiger charge is 2.68. The lowest BCUT2D eigenvalue weighted by atomic mass is 9.36. The van der Waals surface area contributed by atoms with Gasteiger partial charge in [0.15, 0.2) is 0 Å². The smallest absolute Gasteiger partial charge is 0.0607 e. The van der Waals surface area contributed by atoms with Crippen molar-refractivity contribution in [2.24, 2.45) is 51.8 Å². The van der Waals surface area contributed by atoms with Crippen LogP contribution in [0.15, 0.2) is 0 Å². The fourth-order valence-electron chi connectivity index (χ4n) is 9.89. The van der Waals surface area contributed by atoms with Crippen LogP contribution in [0.5, 0.6) is 0 Å². The lowest BCUT2D eigenvalue weighted by Crippen LogP contribution is -2.66. The molecule has 0 aliphatic heterocycles. The van der Waals surface area contributed by atoms with E-state index in [1.807, 2.05) is 0 Å². The first kappa shape index (κ1) is 22.1. The molecule has 0 aromatic carbocycles. The first-order valence-corrected chi connectivity index (χ1v) is 12.6. The van der Waals surface area contributed by atoms with Gasteiger partial charge in [0.25, 0.3) is 0 Å². The van der Waals surface area contributed by atoms with E-state index in [9.17, 15) is 15.3 Å². The first-order valence-electron chi connectivity index (χ1n) is 12.6. The van der Waals surface area contributed by atoms with Crippen molar-refractivity contribution < 1.29 is 15.3 Å². The van der Waals surface area contributed by atoms with Crippen LogP contribution in [-0.2, 0) is 0 Å². The third-order valence-corrected chi connectivity index (χ3v) is 11.5. The fraction of sp³-hybridized carbons (Fsp3) is 1.00. The molecule has 11 unspecified atom stereocenters. The maximum atomic E-state index is 11.8. The highest BCUT2D eigenvalue weighted by Crippen LogP contribution is 2.72. The number of rotatable bonds is 4. The van der Waals surface area contributed by atoms with Crippen LogP contribution in [-0.4, -0.2) is 34.1 Å². The van der Waals surface area contributed by atoms with Crippen molar-refractivity contribution in [1.29, 1.82) is 0 Å². The summed E-state index contributed by atoms with van der Waals surface area (Å²) in [6.45, 7) is 12.3. The van der Waals surface area contributed by atoms with Gasteiger partial charge in [-0.25, -0.2) is 0 Å². The second-order valence-corrected chi connectivity index (χ2v) is 12.2. The summed E-state index contributed by atoms with van der Waals surface area (Å²) in [5.74, 6) is 3.16. The fourth-order valence-corrected chi connectivity index (χ4v) is 9.89. The van der Waals surface area contributed by atoms with Gasteiger partial charge in [-0.1, -0.05) is 41.0 Å². The van der Waals surface area contributed by atoms with Gasteiger partial charge in [0.1, 0.15) is 0 Å². The number of aliphatic hydroxyl groups excluding tert-OH is 3. The second kappa shape index (κ2) is 7.48. The third-order valence-electron chi connectivity index (χ3n) is 11.5. The predicted molar refractivity (Wildman–Crippen MR) is 117 cm³/mol. The molecule has 0 aromatic heterocycles. The van der Waals surface area contributed by atoms with Crippen molar-refractivity contribution in [2.75, 3.05) is 6.61 Å².